The van der Waals surface area contributed by atoms with Crippen molar-refractivity contribution in [1.29, 1.82) is 0 Å². The van der Waals surface area contributed by atoms with Crippen LogP contribution in [0, 0.1) is 17.7 Å². The van der Waals surface area contributed by atoms with Crippen molar-refractivity contribution in [2.24, 2.45) is 11.8 Å². The average Bonchev–Trinajstić information content (AvgIpc) is 2.26. The highest BCUT2D eigenvalue weighted by atomic mass is 79.9. The Kier molecular flexibility index (Phi) is 4.08. The van der Waals surface area contributed by atoms with Crippen LogP contribution in [0.1, 0.15) is 33.1 Å². The third kappa shape index (κ3) is 3.01. The van der Waals surface area contributed by atoms with E-state index in [4.69, 9.17) is 0 Å². The summed E-state index contributed by atoms with van der Waals surface area (Å²) in [5.74, 6) is 1.22. The van der Waals surface area contributed by atoms with E-state index in [0.717, 1.165) is 16.8 Å². The van der Waals surface area contributed by atoms with Crippen LogP contribution in [-0.4, -0.2) is 6.04 Å². The van der Waals surface area contributed by atoms with Crippen molar-refractivity contribution in [3.8, 4) is 0 Å². The summed E-state index contributed by atoms with van der Waals surface area (Å²) in [5, 5.41) is 3.37. The average molecular weight is 300 g/mol. The molecule has 0 radical (unpaired) electrons. The Bertz CT molecular complexity index is 374. The fourth-order valence-electron chi connectivity index (χ4n) is 2.70. The maximum absolute atomic E-state index is 13.7. The zero-order valence-corrected chi connectivity index (χ0v) is 11.9. The van der Waals surface area contributed by atoms with Crippen LogP contribution in [0.5, 0.6) is 0 Å². The molecule has 0 spiro atoms. The number of hydrogen-bond donors (Lipinski definition) is 1. The van der Waals surface area contributed by atoms with E-state index in [9.17, 15) is 4.39 Å². The SMILES string of the molecule is CC1CCC(Nc2c(F)cccc2Br)C(C)C1. The van der Waals surface area contributed by atoms with E-state index in [2.05, 4.69) is 35.1 Å². The van der Waals surface area contributed by atoms with E-state index >= 15 is 0 Å². The smallest absolute Gasteiger partial charge is 0.147 e. The van der Waals surface area contributed by atoms with Gasteiger partial charge in [0.2, 0.25) is 0 Å². The molecule has 3 atom stereocenters. The lowest BCUT2D eigenvalue weighted by Crippen LogP contribution is -2.33. The number of benzene rings is 1. The summed E-state index contributed by atoms with van der Waals surface area (Å²) < 4.78 is 14.5. The fraction of sp³-hybridized carbons (Fsp3) is 0.571. The van der Waals surface area contributed by atoms with Gasteiger partial charge in [-0.1, -0.05) is 19.9 Å². The Balaban J connectivity index is 2.10. The molecule has 1 aliphatic rings. The van der Waals surface area contributed by atoms with Gasteiger partial charge in [-0.2, -0.15) is 0 Å². The summed E-state index contributed by atoms with van der Waals surface area (Å²) in [6.45, 7) is 4.55. The predicted octanol–water partition coefficient (Wildman–Crippen LogP) is 4.82. The molecule has 1 aliphatic carbocycles. The second-order valence-electron chi connectivity index (χ2n) is 5.24. The van der Waals surface area contributed by atoms with Crippen molar-refractivity contribution < 1.29 is 4.39 Å². The van der Waals surface area contributed by atoms with Crippen molar-refractivity contribution in [3.63, 3.8) is 0 Å². The lowest BCUT2D eigenvalue weighted by molar-refractivity contribution is 0.276. The molecule has 0 bridgehead atoms. The van der Waals surface area contributed by atoms with Gasteiger partial charge in [-0.3, -0.25) is 0 Å². The Morgan fingerprint density at radius 1 is 1.29 bits per heavy atom. The van der Waals surface area contributed by atoms with Gasteiger partial charge in [-0.05, 0) is 59.2 Å². The van der Waals surface area contributed by atoms with Gasteiger partial charge in [0.25, 0.3) is 0 Å². The Morgan fingerprint density at radius 3 is 2.71 bits per heavy atom. The van der Waals surface area contributed by atoms with E-state index in [1.807, 2.05) is 6.07 Å². The van der Waals surface area contributed by atoms with Crippen molar-refractivity contribution in [3.05, 3.63) is 28.5 Å². The molecule has 1 N–H and O–H groups in total. The van der Waals surface area contributed by atoms with Crippen LogP contribution >= 0.6 is 15.9 Å². The van der Waals surface area contributed by atoms with Crippen LogP contribution in [0.3, 0.4) is 0 Å². The van der Waals surface area contributed by atoms with Gasteiger partial charge in [0.1, 0.15) is 5.82 Å². The standard InChI is InChI=1S/C14H19BrFN/c1-9-6-7-13(10(2)8-9)17-14-11(15)4-3-5-12(14)16/h3-5,9-10,13,17H,6-8H2,1-2H3. The second kappa shape index (κ2) is 5.38. The predicted molar refractivity (Wildman–Crippen MR) is 73.7 cm³/mol. The first kappa shape index (κ1) is 12.9. The minimum atomic E-state index is -0.176. The van der Waals surface area contributed by atoms with Gasteiger partial charge in [-0.25, -0.2) is 4.39 Å². The van der Waals surface area contributed by atoms with Gasteiger partial charge in [0, 0.05) is 10.5 Å². The summed E-state index contributed by atoms with van der Waals surface area (Å²) >= 11 is 3.40. The zero-order chi connectivity index (χ0) is 12.4. The third-order valence-electron chi connectivity index (χ3n) is 3.72. The van der Waals surface area contributed by atoms with Crippen LogP contribution in [0.25, 0.3) is 0 Å². The molecule has 2 rings (SSSR count). The van der Waals surface area contributed by atoms with Crippen LogP contribution < -0.4 is 5.32 Å². The molecule has 1 aromatic carbocycles. The van der Waals surface area contributed by atoms with Gasteiger partial charge in [-0.15, -0.1) is 0 Å². The summed E-state index contributed by atoms with van der Waals surface area (Å²) in [7, 11) is 0. The molecule has 1 fully saturated rings. The monoisotopic (exact) mass is 299 g/mol. The molecular formula is C14H19BrFN. The Labute approximate surface area is 111 Å². The van der Waals surface area contributed by atoms with Crippen molar-refractivity contribution in [1.82, 2.24) is 0 Å². The summed E-state index contributed by atoms with van der Waals surface area (Å²) in [5.41, 5.74) is 0.610. The molecule has 0 aliphatic heterocycles. The van der Waals surface area contributed by atoms with Gasteiger partial charge in [0.05, 0.1) is 5.69 Å². The molecule has 0 saturated heterocycles. The van der Waals surface area contributed by atoms with E-state index in [1.54, 1.807) is 6.07 Å². The first-order valence-electron chi connectivity index (χ1n) is 6.28. The summed E-state index contributed by atoms with van der Waals surface area (Å²) in [4.78, 5) is 0. The summed E-state index contributed by atoms with van der Waals surface area (Å²) in [6, 6.07) is 5.49. The lowest BCUT2D eigenvalue weighted by Gasteiger charge is -2.34. The van der Waals surface area contributed by atoms with Gasteiger partial charge < -0.3 is 5.32 Å². The lowest BCUT2D eigenvalue weighted by atomic mass is 9.80. The largest absolute Gasteiger partial charge is 0.379 e. The van der Waals surface area contributed by atoms with Gasteiger partial charge in [0.15, 0.2) is 0 Å². The molecule has 0 amide bonds. The molecule has 17 heavy (non-hydrogen) atoms. The van der Waals surface area contributed by atoms with Crippen molar-refractivity contribution >= 4 is 21.6 Å². The highest BCUT2D eigenvalue weighted by Gasteiger charge is 2.26. The minimum Gasteiger partial charge on any atom is -0.379 e. The molecule has 94 valence electrons. The van der Waals surface area contributed by atoms with E-state index in [0.29, 0.717) is 17.6 Å². The van der Waals surface area contributed by atoms with Crippen LogP contribution in [-0.2, 0) is 0 Å². The van der Waals surface area contributed by atoms with E-state index in [-0.39, 0.29) is 5.82 Å². The molecule has 1 nitrogen and oxygen atoms in total. The maximum Gasteiger partial charge on any atom is 0.147 e. The topological polar surface area (TPSA) is 12.0 Å². The number of hydrogen-bond acceptors (Lipinski definition) is 1. The van der Waals surface area contributed by atoms with Crippen LogP contribution in [0.2, 0.25) is 0 Å². The summed E-state index contributed by atoms with van der Waals surface area (Å²) in [6.07, 6.45) is 3.58. The molecule has 1 aromatic rings. The molecule has 3 heteroatoms. The Morgan fingerprint density at radius 2 is 2.06 bits per heavy atom. The molecule has 3 unspecified atom stereocenters. The van der Waals surface area contributed by atoms with Crippen LogP contribution in [0.4, 0.5) is 10.1 Å². The van der Waals surface area contributed by atoms with E-state index < -0.39 is 0 Å². The highest BCUT2D eigenvalue weighted by Crippen LogP contribution is 2.33. The quantitative estimate of drug-likeness (QED) is 0.825. The van der Waals surface area contributed by atoms with Crippen molar-refractivity contribution in [2.45, 2.75) is 39.2 Å². The first-order chi connectivity index (χ1) is 8.08. The van der Waals surface area contributed by atoms with Crippen LogP contribution in [0.15, 0.2) is 22.7 Å². The number of rotatable bonds is 2. The Hall–Kier alpha value is -0.570. The number of anilines is 1. The molecule has 0 aromatic heterocycles. The zero-order valence-electron chi connectivity index (χ0n) is 10.3. The normalized spacial score (nSPS) is 29.1. The maximum atomic E-state index is 13.7. The third-order valence-corrected chi connectivity index (χ3v) is 4.38. The minimum absolute atomic E-state index is 0.176. The molecule has 0 heterocycles. The first-order valence-corrected chi connectivity index (χ1v) is 7.07. The fourth-order valence-corrected chi connectivity index (χ4v) is 3.16. The number of para-hydroxylation sites is 1. The number of halogens is 2. The van der Waals surface area contributed by atoms with Crippen molar-refractivity contribution in [2.75, 3.05) is 5.32 Å². The van der Waals surface area contributed by atoms with E-state index in [1.165, 1.54) is 18.9 Å². The molecule has 1 saturated carbocycles. The molecular weight excluding hydrogens is 281 g/mol. The second-order valence-corrected chi connectivity index (χ2v) is 6.10. The number of nitrogens with one attached hydrogen (secondary N) is 1. The van der Waals surface area contributed by atoms with Gasteiger partial charge >= 0.3 is 0 Å². The highest BCUT2D eigenvalue weighted by molar-refractivity contribution is 9.10.